The minimum atomic E-state index is -0.276. The Kier molecular flexibility index (Phi) is 3.75. The molecule has 21 heavy (non-hydrogen) atoms. The number of nitrogens with one attached hydrogen (secondary N) is 2. The molecule has 0 spiro atoms. The number of H-pyrrole nitrogens is 1. The van der Waals surface area contributed by atoms with Crippen LogP contribution < -0.4 is 10.9 Å². The molecule has 0 bridgehead atoms. The number of piperidine rings is 1. The lowest BCUT2D eigenvalue weighted by molar-refractivity contribution is 0.420. The monoisotopic (exact) mass is 285 g/mol. The van der Waals surface area contributed by atoms with E-state index in [2.05, 4.69) is 15.3 Å². The summed E-state index contributed by atoms with van der Waals surface area (Å²) in [6.45, 7) is 3.77. The van der Waals surface area contributed by atoms with E-state index in [1.54, 1.807) is 0 Å². The van der Waals surface area contributed by atoms with Crippen LogP contribution in [-0.4, -0.2) is 28.2 Å². The van der Waals surface area contributed by atoms with Gasteiger partial charge in [0.15, 0.2) is 0 Å². The Labute approximate surface area is 123 Å². The number of aryl methyl sites for hydroxylation is 1. The Bertz CT molecular complexity index is 703. The molecule has 0 aliphatic carbocycles. The highest BCUT2D eigenvalue weighted by Gasteiger charge is 2.20. The van der Waals surface area contributed by atoms with Crippen LogP contribution in [0.3, 0.4) is 0 Å². The van der Waals surface area contributed by atoms with Crippen molar-refractivity contribution in [3.05, 3.63) is 46.0 Å². The van der Waals surface area contributed by atoms with Gasteiger partial charge in [-0.1, -0.05) is 29.8 Å². The third-order valence-electron chi connectivity index (χ3n) is 3.95. The lowest BCUT2D eigenvalue weighted by Crippen LogP contribution is -2.28. The Morgan fingerprint density at radius 2 is 2.05 bits per heavy atom. The van der Waals surface area contributed by atoms with E-state index >= 15 is 0 Å². The van der Waals surface area contributed by atoms with Gasteiger partial charge in [-0.2, -0.15) is 4.98 Å². The standard InChI is InChI=1S/C16H19N3O2/c1-10-3-2-4-12(9-10)13-15(20)18-14(19-16(13)21)11-5-7-17-8-6-11/h2-4,9,11,17H,5-8H2,1H3,(H2,18,19,20,21). The van der Waals surface area contributed by atoms with Gasteiger partial charge in [-0.25, -0.2) is 0 Å². The van der Waals surface area contributed by atoms with Gasteiger partial charge in [-0.05, 0) is 38.4 Å². The highest BCUT2D eigenvalue weighted by molar-refractivity contribution is 5.67. The first kappa shape index (κ1) is 13.8. The third kappa shape index (κ3) is 2.83. The van der Waals surface area contributed by atoms with E-state index in [1.165, 1.54) is 0 Å². The topological polar surface area (TPSA) is 78.0 Å². The van der Waals surface area contributed by atoms with Crippen molar-refractivity contribution in [3.63, 3.8) is 0 Å². The second-order valence-electron chi connectivity index (χ2n) is 5.54. The maximum absolute atomic E-state index is 12.3. The van der Waals surface area contributed by atoms with Crippen LogP contribution in [0.15, 0.2) is 29.1 Å². The maximum Gasteiger partial charge on any atom is 0.262 e. The molecule has 0 radical (unpaired) electrons. The predicted molar refractivity (Wildman–Crippen MR) is 81.5 cm³/mol. The minimum absolute atomic E-state index is 0.183. The fourth-order valence-electron chi connectivity index (χ4n) is 2.83. The van der Waals surface area contributed by atoms with E-state index < -0.39 is 0 Å². The van der Waals surface area contributed by atoms with Crippen LogP contribution in [0.25, 0.3) is 11.1 Å². The molecule has 3 N–H and O–H groups in total. The van der Waals surface area contributed by atoms with Crippen molar-refractivity contribution in [2.45, 2.75) is 25.7 Å². The van der Waals surface area contributed by atoms with Crippen molar-refractivity contribution in [1.82, 2.24) is 15.3 Å². The molecule has 0 saturated carbocycles. The molecule has 2 heterocycles. The van der Waals surface area contributed by atoms with E-state index in [1.807, 2.05) is 31.2 Å². The molecule has 5 nitrogen and oxygen atoms in total. The van der Waals surface area contributed by atoms with Crippen molar-refractivity contribution in [3.8, 4) is 17.0 Å². The SMILES string of the molecule is Cc1cccc(-c2c(O)nc(C3CCNCC3)[nH]c2=O)c1. The minimum Gasteiger partial charge on any atom is -0.493 e. The van der Waals surface area contributed by atoms with Crippen LogP contribution in [0.2, 0.25) is 0 Å². The first-order valence-corrected chi connectivity index (χ1v) is 7.26. The molecule has 1 aromatic carbocycles. The van der Waals surface area contributed by atoms with Gasteiger partial charge in [0.05, 0.1) is 0 Å². The van der Waals surface area contributed by atoms with Gasteiger partial charge < -0.3 is 15.4 Å². The molecule has 110 valence electrons. The van der Waals surface area contributed by atoms with Gasteiger partial charge in [-0.3, -0.25) is 4.79 Å². The summed E-state index contributed by atoms with van der Waals surface area (Å²) in [5, 5.41) is 13.5. The molecule has 5 heteroatoms. The summed E-state index contributed by atoms with van der Waals surface area (Å²) in [5.41, 5.74) is 1.70. The highest BCUT2D eigenvalue weighted by atomic mass is 16.3. The summed E-state index contributed by atoms with van der Waals surface area (Å²) in [6.07, 6.45) is 1.85. The second kappa shape index (κ2) is 5.69. The molecule has 1 aliphatic heterocycles. The van der Waals surface area contributed by atoms with Crippen LogP contribution >= 0.6 is 0 Å². The fourth-order valence-corrected chi connectivity index (χ4v) is 2.83. The van der Waals surface area contributed by atoms with Crippen LogP contribution in [0.1, 0.15) is 30.1 Å². The molecule has 2 aromatic rings. The van der Waals surface area contributed by atoms with Crippen LogP contribution in [0.5, 0.6) is 5.88 Å². The quantitative estimate of drug-likeness (QED) is 0.787. The van der Waals surface area contributed by atoms with Gasteiger partial charge in [0.1, 0.15) is 11.4 Å². The van der Waals surface area contributed by atoms with E-state index in [0.717, 1.165) is 31.5 Å². The molecule has 1 aliphatic rings. The van der Waals surface area contributed by atoms with Gasteiger partial charge in [0.25, 0.3) is 5.56 Å². The lowest BCUT2D eigenvalue weighted by atomic mass is 9.97. The number of hydrogen-bond donors (Lipinski definition) is 3. The van der Waals surface area contributed by atoms with Crippen LogP contribution in [0.4, 0.5) is 0 Å². The average molecular weight is 285 g/mol. The molecular weight excluding hydrogens is 266 g/mol. The highest BCUT2D eigenvalue weighted by Crippen LogP contribution is 2.27. The summed E-state index contributed by atoms with van der Waals surface area (Å²) >= 11 is 0. The number of aromatic amines is 1. The van der Waals surface area contributed by atoms with Crippen molar-refractivity contribution >= 4 is 0 Å². The largest absolute Gasteiger partial charge is 0.493 e. The van der Waals surface area contributed by atoms with Crippen LogP contribution in [0, 0.1) is 6.92 Å². The summed E-state index contributed by atoms with van der Waals surface area (Å²) in [5.74, 6) is 0.615. The zero-order valence-corrected chi connectivity index (χ0v) is 12.0. The molecule has 3 rings (SSSR count). The molecular formula is C16H19N3O2. The first-order chi connectivity index (χ1) is 10.1. The van der Waals surface area contributed by atoms with Crippen molar-refractivity contribution in [2.75, 3.05) is 13.1 Å². The van der Waals surface area contributed by atoms with E-state index in [-0.39, 0.29) is 22.9 Å². The Hall–Kier alpha value is -2.14. The smallest absolute Gasteiger partial charge is 0.262 e. The Morgan fingerprint density at radius 3 is 2.71 bits per heavy atom. The number of benzene rings is 1. The van der Waals surface area contributed by atoms with Gasteiger partial charge in [0.2, 0.25) is 5.88 Å². The summed E-state index contributed by atoms with van der Waals surface area (Å²) in [6, 6.07) is 7.50. The molecule has 1 saturated heterocycles. The van der Waals surface area contributed by atoms with Gasteiger partial charge in [-0.15, -0.1) is 0 Å². The van der Waals surface area contributed by atoms with E-state index in [0.29, 0.717) is 11.4 Å². The van der Waals surface area contributed by atoms with Crippen molar-refractivity contribution in [2.24, 2.45) is 0 Å². The average Bonchev–Trinajstić information content (AvgIpc) is 2.47. The van der Waals surface area contributed by atoms with E-state index in [9.17, 15) is 9.90 Å². The first-order valence-electron chi connectivity index (χ1n) is 7.26. The summed E-state index contributed by atoms with van der Waals surface area (Å²) < 4.78 is 0. The molecule has 0 unspecified atom stereocenters. The van der Waals surface area contributed by atoms with Gasteiger partial charge >= 0.3 is 0 Å². The lowest BCUT2D eigenvalue weighted by Gasteiger charge is -2.21. The summed E-state index contributed by atoms with van der Waals surface area (Å²) in [4.78, 5) is 19.4. The zero-order chi connectivity index (χ0) is 14.8. The third-order valence-corrected chi connectivity index (χ3v) is 3.95. The second-order valence-corrected chi connectivity index (χ2v) is 5.54. The molecule has 0 amide bonds. The molecule has 1 fully saturated rings. The van der Waals surface area contributed by atoms with Crippen molar-refractivity contribution in [1.29, 1.82) is 0 Å². The maximum atomic E-state index is 12.3. The van der Waals surface area contributed by atoms with Crippen molar-refractivity contribution < 1.29 is 5.11 Å². The number of aromatic hydroxyl groups is 1. The van der Waals surface area contributed by atoms with E-state index in [4.69, 9.17) is 0 Å². The number of hydrogen-bond acceptors (Lipinski definition) is 4. The summed E-state index contributed by atoms with van der Waals surface area (Å²) in [7, 11) is 0. The number of rotatable bonds is 2. The molecule has 1 aromatic heterocycles. The molecule has 0 atom stereocenters. The number of nitrogens with zero attached hydrogens (tertiary/aromatic N) is 1. The zero-order valence-electron chi connectivity index (χ0n) is 12.0. The predicted octanol–water partition coefficient (Wildman–Crippen LogP) is 1.92. The fraction of sp³-hybridized carbons (Fsp3) is 0.375. The Balaban J connectivity index is 2.02. The normalized spacial score (nSPS) is 16.0. The van der Waals surface area contributed by atoms with Gasteiger partial charge in [0, 0.05) is 5.92 Å². The number of aromatic nitrogens is 2. The van der Waals surface area contributed by atoms with Crippen LogP contribution in [-0.2, 0) is 0 Å². The Morgan fingerprint density at radius 1 is 1.29 bits per heavy atom.